The van der Waals surface area contributed by atoms with Crippen molar-refractivity contribution in [2.75, 3.05) is 5.32 Å². The number of nitrogens with one attached hydrogen (secondary N) is 1. The first-order chi connectivity index (χ1) is 13.3. The topological polar surface area (TPSA) is 93.8 Å². The molecule has 0 radical (unpaired) electrons. The molecule has 8 heteroatoms. The first kappa shape index (κ1) is 17.0. The van der Waals surface area contributed by atoms with Gasteiger partial charge in [-0.05, 0) is 12.1 Å². The minimum atomic E-state index is -0.156. The maximum absolute atomic E-state index is 12.2. The third kappa shape index (κ3) is 4.24. The first-order valence-corrected chi connectivity index (χ1v) is 9.21. The molecular weight excluding hydrogens is 362 g/mol. The van der Waals surface area contributed by atoms with Crippen LogP contribution in [0.2, 0.25) is 0 Å². The van der Waals surface area contributed by atoms with Gasteiger partial charge in [-0.15, -0.1) is 11.3 Å². The minimum Gasteiger partial charge on any atom is -0.339 e. The fourth-order valence-electron chi connectivity index (χ4n) is 2.43. The molecule has 0 saturated heterocycles. The largest absolute Gasteiger partial charge is 0.339 e. The Labute approximate surface area is 159 Å². The Morgan fingerprint density at radius 1 is 1.04 bits per heavy atom. The quantitative estimate of drug-likeness (QED) is 0.549. The van der Waals surface area contributed by atoms with Crippen LogP contribution in [0.15, 0.2) is 64.6 Å². The molecule has 0 fully saturated rings. The summed E-state index contributed by atoms with van der Waals surface area (Å²) < 4.78 is 5.22. The van der Waals surface area contributed by atoms with Crippen molar-refractivity contribution in [1.29, 1.82) is 0 Å². The van der Waals surface area contributed by atoms with Crippen LogP contribution in [0.4, 0.5) is 5.13 Å². The first-order valence-electron chi connectivity index (χ1n) is 8.33. The Morgan fingerprint density at radius 3 is 2.70 bits per heavy atom. The van der Waals surface area contributed by atoms with Crippen molar-refractivity contribution in [3.63, 3.8) is 0 Å². The van der Waals surface area contributed by atoms with Gasteiger partial charge in [-0.2, -0.15) is 4.98 Å². The van der Waals surface area contributed by atoms with Gasteiger partial charge in [0.15, 0.2) is 5.13 Å². The summed E-state index contributed by atoms with van der Waals surface area (Å²) in [4.78, 5) is 25.1. The number of nitrogens with zero attached hydrogens (tertiary/aromatic N) is 4. The average molecular weight is 377 g/mol. The molecule has 0 aliphatic heterocycles. The van der Waals surface area contributed by atoms with Crippen molar-refractivity contribution in [2.24, 2.45) is 0 Å². The number of hydrogen-bond donors (Lipinski definition) is 1. The molecule has 1 aromatic carbocycles. The molecule has 0 spiro atoms. The molecule has 3 heterocycles. The van der Waals surface area contributed by atoms with Crippen molar-refractivity contribution in [1.82, 2.24) is 20.1 Å². The molecule has 4 rings (SSSR count). The highest BCUT2D eigenvalue weighted by molar-refractivity contribution is 7.14. The highest BCUT2D eigenvalue weighted by atomic mass is 32.1. The van der Waals surface area contributed by atoms with E-state index in [9.17, 15) is 4.79 Å². The number of aromatic nitrogens is 4. The standard InChI is InChI=1S/C19H15N5O2S/c25-16(22-19-21-15(12-27-19)14-8-4-5-11-20-14)9-10-17-23-18(24-26-17)13-6-2-1-3-7-13/h1-8,11-12H,9-10H2,(H,21,22,25). The van der Waals surface area contributed by atoms with Crippen molar-refractivity contribution in [3.8, 4) is 22.8 Å². The number of rotatable bonds is 6. The van der Waals surface area contributed by atoms with Gasteiger partial charge in [0.25, 0.3) is 0 Å². The predicted molar refractivity (Wildman–Crippen MR) is 102 cm³/mol. The SMILES string of the molecule is O=C(CCc1nc(-c2ccccc2)no1)Nc1nc(-c2ccccn2)cs1. The van der Waals surface area contributed by atoms with Crippen LogP contribution in [0, 0.1) is 0 Å². The summed E-state index contributed by atoms with van der Waals surface area (Å²) >= 11 is 1.36. The van der Waals surface area contributed by atoms with Crippen LogP contribution in [0.5, 0.6) is 0 Å². The summed E-state index contributed by atoms with van der Waals surface area (Å²) in [6.45, 7) is 0. The summed E-state index contributed by atoms with van der Waals surface area (Å²) in [6, 6.07) is 15.2. The lowest BCUT2D eigenvalue weighted by molar-refractivity contribution is -0.116. The van der Waals surface area contributed by atoms with Crippen LogP contribution in [0.25, 0.3) is 22.8 Å². The molecular formula is C19H15N5O2S. The van der Waals surface area contributed by atoms with E-state index in [1.807, 2.05) is 53.9 Å². The fourth-order valence-corrected chi connectivity index (χ4v) is 3.15. The third-order valence-electron chi connectivity index (χ3n) is 3.74. The second-order valence-electron chi connectivity index (χ2n) is 5.68. The van der Waals surface area contributed by atoms with Crippen molar-refractivity contribution < 1.29 is 9.32 Å². The summed E-state index contributed by atoms with van der Waals surface area (Å²) in [5, 5.41) is 9.14. The molecule has 27 heavy (non-hydrogen) atoms. The van der Waals surface area contributed by atoms with Gasteiger partial charge in [0.1, 0.15) is 5.69 Å². The Hall–Kier alpha value is -3.39. The van der Waals surface area contributed by atoms with Gasteiger partial charge in [0, 0.05) is 30.0 Å². The second kappa shape index (κ2) is 7.88. The van der Waals surface area contributed by atoms with Gasteiger partial charge in [0.2, 0.25) is 17.6 Å². The van der Waals surface area contributed by atoms with Crippen molar-refractivity contribution in [3.05, 3.63) is 66.0 Å². The molecule has 0 aliphatic carbocycles. The Morgan fingerprint density at radius 2 is 1.89 bits per heavy atom. The zero-order chi connectivity index (χ0) is 18.5. The van der Waals surface area contributed by atoms with E-state index in [1.54, 1.807) is 6.20 Å². The van der Waals surface area contributed by atoms with E-state index in [4.69, 9.17) is 4.52 Å². The molecule has 1 amide bonds. The van der Waals surface area contributed by atoms with E-state index >= 15 is 0 Å². The molecule has 0 unspecified atom stereocenters. The molecule has 134 valence electrons. The second-order valence-corrected chi connectivity index (χ2v) is 6.54. The molecule has 7 nitrogen and oxygen atoms in total. The van der Waals surface area contributed by atoms with E-state index in [0.29, 0.717) is 23.3 Å². The molecule has 0 aliphatic rings. The van der Waals surface area contributed by atoms with Crippen molar-refractivity contribution in [2.45, 2.75) is 12.8 Å². The lowest BCUT2D eigenvalue weighted by Gasteiger charge is -1.99. The van der Waals surface area contributed by atoms with E-state index in [2.05, 4.69) is 25.4 Å². The number of amides is 1. The van der Waals surface area contributed by atoms with Gasteiger partial charge in [-0.25, -0.2) is 4.98 Å². The minimum absolute atomic E-state index is 0.156. The van der Waals surface area contributed by atoms with Gasteiger partial charge < -0.3 is 9.84 Å². The summed E-state index contributed by atoms with van der Waals surface area (Å²) in [6.07, 6.45) is 2.31. The number of carbonyl (C=O) groups excluding carboxylic acids is 1. The Bertz CT molecular complexity index is 1030. The maximum Gasteiger partial charge on any atom is 0.227 e. The van der Waals surface area contributed by atoms with Gasteiger partial charge in [-0.3, -0.25) is 9.78 Å². The number of carbonyl (C=O) groups is 1. The molecule has 0 bridgehead atoms. The van der Waals surface area contributed by atoms with Crippen LogP contribution in [-0.4, -0.2) is 26.0 Å². The van der Waals surface area contributed by atoms with E-state index in [-0.39, 0.29) is 12.3 Å². The van der Waals surface area contributed by atoms with Crippen LogP contribution >= 0.6 is 11.3 Å². The number of anilines is 1. The predicted octanol–water partition coefficient (Wildman–Crippen LogP) is 3.83. The van der Waals surface area contributed by atoms with E-state index in [0.717, 1.165) is 17.0 Å². The number of hydrogen-bond acceptors (Lipinski definition) is 7. The number of thiazole rings is 1. The lowest BCUT2D eigenvalue weighted by atomic mass is 10.2. The highest BCUT2D eigenvalue weighted by Gasteiger charge is 2.12. The van der Waals surface area contributed by atoms with Crippen LogP contribution in [0.1, 0.15) is 12.3 Å². The number of benzene rings is 1. The fraction of sp³-hybridized carbons (Fsp3) is 0.105. The van der Waals surface area contributed by atoms with Crippen LogP contribution in [-0.2, 0) is 11.2 Å². The number of pyridine rings is 1. The lowest BCUT2D eigenvalue weighted by Crippen LogP contribution is -2.12. The maximum atomic E-state index is 12.2. The molecule has 0 atom stereocenters. The van der Waals surface area contributed by atoms with Gasteiger partial charge >= 0.3 is 0 Å². The smallest absolute Gasteiger partial charge is 0.227 e. The van der Waals surface area contributed by atoms with Gasteiger partial charge in [-0.1, -0.05) is 41.6 Å². The van der Waals surface area contributed by atoms with Crippen molar-refractivity contribution >= 4 is 22.4 Å². The molecule has 1 N–H and O–H groups in total. The number of aryl methyl sites for hydroxylation is 1. The van der Waals surface area contributed by atoms with E-state index < -0.39 is 0 Å². The highest BCUT2D eigenvalue weighted by Crippen LogP contribution is 2.23. The average Bonchev–Trinajstić information content (AvgIpc) is 3.37. The van der Waals surface area contributed by atoms with E-state index in [1.165, 1.54) is 11.3 Å². The molecule has 0 saturated carbocycles. The Balaban J connectivity index is 1.33. The van der Waals surface area contributed by atoms with Crippen LogP contribution < -0.4 is 5.32 Å². The zero-order valence-corrected chi connectivity index (χ0v) is 15.0. The summed E-state index contributed by atoms with van der Waals surface area (Å²) in [7, 11) is 0. The third-order valence-corrected chi connectivity index (χ3v) is 4.50. The summed E-state index contributed by atoms with van der Waals surface area (Å²) in [5.41, 5.74) is 2.38. The zero-order valence-electron chi connectivity index (χ0n) is 14.2. The van der Waals surface area contributed by atoms with Crippen LogP contribution in [0.3, 0.4) is 0 Å². The normalized spacial score (nSPS) is 10.7. The molecule has 4 aromatic rings. The van der Waals surface area contributed by atoms with Gasteiger partial charge in [0.05, 0.1) is 5.69 Å². The summed E-state index contributed by atoms with van der Waals surface area (Å²) in [5.74, 6) is 0.791. The molecule has 3 aromatic heterocycles. The Kier molecular flexibility index (Phi) is 4.97. The monoisotopic (exact) mass is 377 g/mol.